The second-order valence-corrected chi connectivity index (χ2v) is 5.74. The third-order valence-corrected chi connectivity index (χ3v) is 3.82. The van der Waals surface area contributed by atoms with E-state index in [1.807, 2.05) is 4.90 Å². The smallest absolute Gasteiger partial charge is 0.226 e. The minimum atomic E-state index is -0.272. The molecular weight excluding hydrogens is 325 g/mol. The van der Waals surface area contributed by atoms with Gasteiger partial charge in [0.05, 0.1) is 19.1 Å². The zero-order valence-electron chi connectivity index (χ0n) is 11.4. The second-order valence-electron chi connectivity index (χ2n) is 4.94. The molecule has 0 bridgehead atoms. The summed E-state index contributed by atoms with van der Waals surface area (Å²) in [4.78, 5) is 14.0. The number of ether oxygens (including phenoxy) is 1. The van der Waals surface area contributed by atoms with Gasteiger partial charge in [-0.15, -0.1) is 0 Å². The molecule has 0 aliphatic carbocycles. The van der Waals surface area contributed by atoms with Crippen molar-refractivity contribution >= 4 is 21.8 Å². The van der Waals surface area contributed by atoms with Crippen LogP contribution in [0.5, 0.6) is 0 Å². The van der Waals surface area contributed by atoms with Gasteiger partial charge in [-0.05, 0) is 30.5 Å². The molecule has 1 fully saturated rings. The number of benzene rings is 1. The Kier molecular flexibility index (Phi) is 5.98. The van der Waals surface area contributed by atoms with Crippen molar-refractivity contribution < 1.29 is 13.9 Å². The van der Waals surface area contributed by atoms with Gasteiger partial charge in [0.25, 0.3) is 0 Å². The van der Waals surface area contributed by atoms with Crippen molar-refractivity contribution in [2.24, 2.45) is 0 Å². The minimum absolute atomic E-state index is 0.107. The van der Waals surface area contributed by atoms with Crippen molar-refractivity contribution in [3.05, 3.63) is 35.6 Å². The Balaban J connectivity index is 1.78. The highest BCUT2D eigenvalue weighted by molar-refractivity contribution is 9.09. The van der Waals surface area contributed by atoms with E-state index >= 15 is 0 Å². The van der Waals surface area contributed by atoms with Gasteiger partial charge in [0.15, 0.2) is 0 Å². The Morgan fingerprint density at radius 2 is 1.95 bits per heavy atom. The molecule has 110 valence electrons. The highest BCUT2D eigenvalue weighted by Gasteiger charge is 2.22. The van der Waals surface area contributed by atoms with Crippen LogP contribution in [0, 0.1) is 5.82 Å². The molecule has 1 aromatic rings. The molecule has 1 heterocycles. The first-order valence-corrected chi connectivity index (χ1v) is 8.01. The third kappa shape index (κ3) is 4.56. The minimum Gasteiger partial charge on any atom is -0.377 e. The van der Waals surface area contributed by atoms with E-state index in [0.29, 0.717) is 13.0 Å². The molecule has 0 N–H and O–H groups in total. The Morgan fingerprint density at radius 3 is 2.55 bits per heavy atom. The molecule has 3 nitrogen and oxygen atoms in total. The molecule has 5 heteroatoms. The summed E-state index contributed by atoms with van der Waals surface area (Å²) in [7, 11) is 0. The number of hydrogen-bond acceptors (Lipinski definition) is 2. The van der Waals surface area contributed by atoms with E-state index in [1.54, 1.807) is 12.1 Å². The Morgan fingerprint density at radius 1 is 1.30 bits per heavy atom. The molecule has 0 saturated carbocycles. The lowest BCUT2D eigenvalue weighted by molar-refractivity contribution is -0.133. The molecule has 0 aromatic heterocycles. The van der Waals surface area contributed by atoms with Crippen LogP contribution in [-0.4, -0.2) is 41.9 Å². The summed E-state index contributed by atoms with van der Waals surface area (Å²) in [6.45, 7) is 2.20. The number of nitrogens with zero attached hydrogens (tertiary/aromatic N) is 1. The second kappa shape index (κ2) is 7.74. The normalized spacial score (nSPS) is 16.4. The van der Waals surface area contributed by atoms with Crippen LogP contribution in [0.3, 0.4) is 0 Å². The average Bonchev–Trinajstić information content (AvgIpc) is 2.48. The number of rotatable bonds is 5. The number of piperidine rings is 1. The lowest BCUT2D eigenvalue weighted by Crippen LogP contribution is -2.41. The molecule has 1 aliphatic heterocycles. The summed E-state index contributed by atoms with van der Waals surface area (Å²) in [5.74, 6) is -0.165. The van der Waals surface area contributed by atoms with Crippen LogP contribution in [-0.2, 0) is 16.0 Å². The van der Waals surface area contributed by atoms with Crippen LogP contribution in [0.1, 0.15) is 18.4 Å². The number of carbonyl (C=O) groups is 1. The summed E-state index contributed by atoms with van der Waals surface area (Å²) in [6.07, 6.45) is 2.39. The van der Waals surface area contributed by atoms with Gasteiger partial charge in [-0.2, -0.15) is 0 Å². The highest BCUT2D eigenvalue weighted by atomic mass is 79.9. The van der Waals surface area contributed by atoms with Gasteiger partial charge >= 0.3 is 0 Å². The first-order chi connectivity index (χ1) is 9.69. The zero-order valence-corrected chi connectivity index (χ0v) is 12.9. The van der Waals surface area contributed by atoms with Gasteiger partial charge < -0.3 is 9.64 Å². The van der Waals surface area contributed by atoms with Crippen LogP contribution in [0.15, 0.2) is 24.3 Å². The predicted octanol–water partition coefficient (Wildman–Crippen LogP) is 2.77. The van der Waals surface area contributed by atoms with Crippen molar-refractivity contribution in [1.82, 2.24) is 4.90 Å². The van der Waals surface area contributed by atoms with E-state index in [9.17, 15) is 9.18 Å². The van der Waals surface area contributed by atoms with E-state index in [1.165, 1.54) is 12.1 Å². The van der Waals surface area contributed by atoms with Gasteiger partial charge in [0.2, 0.25) is 5.91 Å². The number of amides is 1. The van der Waals surface area contributed by atoms with Gasteiger partial charge in [-0.3, -0.25) is 4.79 Å². The summed E-state index contributed by atoms with van der Waals surface area (Å²) < 4.78 is 18.5. The van der Waals surface area contributed by atoms with Crippen molar-refractivity contribution in [3.8, 4) is 0 Å². The largest absolute Gasteiger partial charge is 0.377 e. The fourth-order valence-corrected chi connectivity index (χ4v) is 2.56. The highest BCUT2D eigenvalue weighted by Crippen LogP contribution is 2.15. The third-order valence-electron chi connectivity index (χ3n) is 3.49. The molecule has 1 saturated heterocycles. The van der Waals surface area contributed by atoms with E-state index in [0.717, 1.165) is 36.8 Å². The predicted molar refractivity (Wildman–Crippen MR) is 79.5 cm³/mol. The number of carbonyl (C=O) groups excluding carboxylic acids is 1. The molecule has 2 rings (SSSR count). The Labute approximate surface area is 127 Å². The molecule has 0 unspecified atom stereocenters. The van der Waals surface area contributed by atoms with Crippen LogP contribution in [0.4, 0.5) is 4.39 Å². The molecule has 0 radical (unpaired) electrons. The molecule has 0 spiro atoms. The van der Waals surface area contributed by atoms with E-state index < -0.39 is 0 Å². The fourth-order valence-electron chi connectivity index (χ4n) is 2.37. The molecule has 1 amide bonds. The quantitative estimate of drug-likeness (QED) is 0.769. The van der Waals surface area contributed by atoms with Crippen molar-refractivity contribution in [1.29, 1.82) is 0 Å². The maximum Gasteiger partial charge on any atom is 0.226 e. The molecular formula is C15H19BrFNO2. The molecule has 0 atom stereocenters. The van der Waals surface area contributed by atoms with E-state index in [-0.39, 0.29) is 17.8 Å². The number of likely N-dealkylation sites (tertiary alicyclic amines) is 1. The Hall–Kier alpha value is -0.940. The van der Waals surface area contributed by atoms with E-state index in [4.69, 9.17) is 4.74 Å². The standard InChI is InChI=1S/C15H19BrFNO2/c16-7-10-20-14-5-8-18(9-6-14)15(19)11-12-1-3-13(17)4-2-12/h1-4,14H,5-11H2. The van der Waals surface area contributed by atoms with Crippen LogP contribution >= 0.6 is 15.9 Å². The maximum atomic E-state index is 12.8. The first-order valence-electron chi connectivity index (χ1n) is 6.89. The molecule has 1 aliphatic rings. The SMILES string of the molecule is O=C(Cc1ccc(F)cc1)N1CCC(OCCBr)CC1. The number of alkyl halides is 1. The van der Waals surface area contributed by atoms with Gasteiger partial charge in [-0.25, -0.2) is 4.39 Å². The summed E-state index contributed by atoms with van der Waals surface area (Å²) in [6, 6.07) is 6.12. The zero-order chi connectivity index (χ0) is 14.4. The number of hydrogen-bond donors (Lipinski definition) is 0. The monoisotopic (exact) mass is 343 g/mol. The van der Waals surface area contributed by atoms with Crippen LogP contribution in [0.2, 0.25) is 0 Å². The lowest BCUT2D eigenvalue weighted by atomic mass is 10.1. The van der Waals surface area contributed by atoms with Gasteiger partial charge in [-0.1, -0.05) is 28.1 Å². The molecule has 20 heavy (non-hydrogen) atoms. The Bertz CT molecular complexity index is 430. The number of halogens is 2. The lowest BCUT2D eigenvalue weighted by Gasteiger charge is -2.32. The van der Waals surface area contributed by atoms with Crippen LogP contribution < -0.4 is 0 Å². The van der Waals surface area contributed by atoms with Crippen LogP contribution in [0.25, 0.3) is 0 Å². The van der Waals surface area contributed by atoms with Crippen molar-refractivity contribution in [3.63, 3.8) is 0 Å². The topological polar surface area (TPSA) is 29.5 Å². The summed E-state index contributed by atoms with van der Waals surface area (Å²) in [5, 5.41) is 0.844. The van der Waals surface area contributed by atoms with E-state index in [2.05, 4.69) is 15.9 Å². The summed E-state index contributed by atoms with van der Waals surface area (Å²) >= 11 is 3.34. The van der Waals surface area contributed by atoms with Crippen molar-refractivity contribution in [2.75, 3.05) is 25.0 Å². The first kappa shape index (κ1) is 15.4. The average molecular weight is 344 g/mol. The summed E-state index contributed by atoms with van der Waals surface area (Å²) in [5.41, 5.74) is 0.856. The van der Waals surface area contributed by atoms with Crippen molar-refractivity contribution in [2.45, 2.75) is 25.4 Å². The van der Waals surface area contributed by atoms with Gasteiger partial charge in [0.1, 0.15) is 5.82 Å². The molecule has 1 aromatic carbocycles. The van der Waals surface area contributed by atoms with Gasteiger partial charge in [0, 0.05) is 18.4 Å². The fraction of sp³-hybridized carbons (Fsp3) is 0.533. The maximum absolute atomic E-state index is 12.8.